The number of nitrogens with one attached hydrogen (secondary N) is 2. The zero-order valence-corrected chi connectivity index (χ0v) is 14.3. The fourth-order valence-electron chi connectivity index (χ4n) is 3.74. The second kappa shape index (κ2) is 6.42. The number of aromatic nitrogens is 1. The Hall–Kier alpha value is -2.92. The lowest BCUT2D eigenvalue weighted by atomic mass is 9.79. The summed E-state index contributed by atoms with van der Waals surface area (Å²) in [4.78, 5) is 27.3. The van der Waals surface area contributed by atoms with Gasteiger partial charge >= 0.3 is 0 Å². The van der Waals surface area contributed by atoms with Crippen LogP contribution in [0.4, 0.5) is 0 Å². The molecule has 5 heteroatoms. The Kier molecular flexibility index (Phi) is 4.09. The fraction of sp³-hybridized carbons (Fsp3) is 0.238. The summed E-state index contributed by atoms with van der Waals surface area (Å²) < 4.78 is 0. The highest BCUT2D eigenvalue weighted by Gasteiger charge is 2.34. The number of H-pyrrole nitrogens is 1. The number of hydrogen-bond donors (Lipinski definition) is 3. The third-order valence-corrected chi connectivity index (χ3v) is 5.09. The van der Waals surface area contributed by atoms with E-state index >= 15 is 0 Å². The highest BCUT2D eigenvalue weighted by molar-refractivity contribution is 5.96. The number of carbonyl (C=O) groups is 1. The highest BCUT2D eigenvalue weighted by atomic mass is 16.3. The first kappa shape index (κ1) is 16.5. The smallest absolute Gasteiger partial charge is 0.267 e. The average molecular weight is 348 g/mol. The van der Waals surface area contributed by atoms with Crippen molar-refractivity contribution in [3.63, 3.8) is 0 Å². The Morgan fingerprint density at radius 1 is 1.15 bits per heavy atom. The van der Waals surface area contributed by atoms with Crippen molar-refractivity contribution in [2.45, 2.75) is 24.9 Å². The summed E-state index contributed by atoms with van der Waals surface area (Å²) in [7, 11) is 0. The third-order valence-electron chi connectivity index (χ3n) is 5.09. The normalized spacial score (nSPS) is 19.1. The predicted octanol–water partition coefficient (Wildman–Crippen LogP) is 2.48. The number of fused-ring (bicyclic) bond motifs is 2. The molecule has 1 amide bonds. The van der Waals surface area contributed by atoms with E-state index in [4.69, 9.17) is 0 Å². The SMILES string of the molecule is O=C(NC[C@]1(O)CCCc2ccccc21)c1cc2ccccc2c(=O)[nH]1. The molecule has 1 heterocycles. The molecule has 1 atom stereocenters. The van der Waals surface area contributed by atoms with E-state index in [1.54, 1.807) is 24.3 Å². The van der Waals surface area contributed by atoms with Gasteiger partial charge in [-0.2, -0.15) is 0 Å². The van der Waals surface area contributed by atoms with Crippen LogP contribution in [-0.2, 0) is 12.0 Å². The fourth-order valence-corrected chi connectivity index (χ4v) is 3.74. The summed E-state index contributed by atoms with van der Waals surface area (Å²) >= 11 is 0. The molecule has 0 saturated heterocycles. The van der Waals surface area contributed by atoms with Gasteiger partial charge in [0.2, 0.25) is 0 Å². The molecular formula is C21H20N2O3. The van der Waals surface area contributed by atoms with Crippen molar-refractivity contribution >= 4 is 16.7 Å². The Morgan fingerprint density at radius 2 is 1.92 bits per heavy atom. The van der Waals surface area contributed by atoms with Gasteiger partial charge in [-0.25, -0.2) is 0 Å². The number of aryl methyl sites for hydroxylation is 1. The van der Waals surface area contributed by atoms with Crippen LogP contribution < -0.4 is 10.9 Å². The molecule has 1 aromatic heterocycles. The molecule has 5 nitrogen and oxygen atoms in total. The molecule has 2 aromatic carbocycles. The second-order valence-electron chi connectivity index (χ2n) is 6.82. The van der Waals surface area contributed by atoms with Gasteiger partial charge in [-0.3, -0.25) is 9.59 Å². The van der Waals surface area contributed by atoms with Crippen LogP contribution in [0.1, 0.15) is 34.5 Å². The maximum absolute atomic E-state index is 12.5. The number of benzene rings is 2. The summed E-state index contributed by atoms with van der Waals surface area (Å²) in [6, 6.07) is 16.6. The van der Waals surface area contributed by atoms with Crippen LogP contribution >= 0.6 is 0 Å². The van der Waals surface area contributed by atoms with Gasteiger partial charge in [-0.1, -0.05) is 42.5 Å². The largest absolute Gasteiger partial charge is 0.383 e. The summed E-state index contributed by atoms with van der Waals surface area (Å²) in [5.74, 6) is -0.399. The molecule has 3 N–H and O–H groups in total. The average Bonchev–Trinajstić information content (AvgIpc) is 2.66. The zero-order valence-electron chi connectivity index (χ0n) is 14.3. The molecule has 0 aliphatic heterocycles. The topological polar surface area (TPSA) is 82.2 Å². The molecule has 1 aliphatic rings. The molecular weight excluding hydrogens is 328 g/mol. The molecule has 26 heavy (non-hydrogen) atoms. The lowest BCUT2D eigenvalue weighted by Crippen LogP contribution is -2.43. The molecule has 4 rings (SSSR count). The Bertz CT molecular complexity index is 1040. The van der Waals surface area contributed by atoms with E-state index in [1.807, 2.05) is 30.3 Å². The van der Waals surface area contributed by atoms with Crippen LogP contribution in [0.25, 0.3) is 10.8 Å². The molecule has 1 aliphatic carbocycles. The van der Waals surface area contributed by atoms with Crippen molar-refractivity contribution in [2.75, 3.05) is 6.54 Å². The first-order valence-corrected chi connectivity index (χ1v) is 8.78. The first-order chi connectivity index (χ1) is 12.6. The first-order valence-electron chi connectivity index (χ1n) is 8.78. The van der Waals surface area contributed by atoms with E-state index in [0.29, 0.717) is 17.2 Å². The molecule has 0 bridgehead atoms. The molecule has 0 radical (unpaired) electrons. The van der Waals surface area contributed by atoms with Crippen LogP contribution in [0.2, 0.25) is 0 Å². The maximum Gasteiger partial charge on any atom is 0.267 e. The number of hydrogen-bond acceptors (Lipinski definition) is 3. The van der Waals surface area contributed by atoms with Gasteiger partial charge in [0, 0.05) is 5.39 Å². The Balaban J connectivity index is 1.57. The minimum Gasteiger partial charge on any atom is -0.383 e. The van der Waals surface area contributed by atoms with E-state index in [9.17, 15) is 14.7 Å². The molecule has 3 aromatic rings. The maximum atomic E-state index is 12.5. The van der Waals surface area contributed by atoms with E-state index in [-0.39, 0.29) is 17.8 Å². The van der Waals surface area contributed by atoms with Crippen molar-refractivity contribution in [1.29, 1.82) is 0 Å². The van der Waals surface area contributed by atoms with Crippen molar-refractivity contribution in [2.24, 2.45) is 0 Å². The van der Waals surface area contributed by atoms with Gasteiger partial charge in [-0.15, -0.1) is 0 Å². The number of amides is 1. The van der Waals surface area contributed by atoms with Gasteiger partial charge in [0.25, 0.3) is 11.5 Å². The van der Waals surface area contributed by atoms with E-state index < -0.39 is 11.5 Å². The van der Waals surface area contributed by atoms with Gasteiger partial charge < -0.3 is 15.4 Å². The number of aromatic amines is 1. The van der Waals surface area contributed by atoms with Crippen molar-refractivity contribution < 1.29 is 9.90 Å². The minimum absolute atomic E-state index is 0.109. The molecule has 0 unspecified atom stereocenters. The minimum atomic E-state index is -1.08. The molecule has 0 fully saturated rings. The van der Waals surface area contributed by atoms with Crippen LogP contribution in [0.3, 0.4) is 0 Å². The van der Waals surface area contributed by atoms with E-state index in [1.165, 1.54) is 0 Å². The molecule has 132 valence electrons. The predicted molar refractivity (Wildman–Crippen MR) is 100 cm³/mol. The van der Waals surface area contributed by atoms with Crippen molar-refractivity contribution in [3.05, 3.63) is 81.8 Å². The Morgan fingerprint density at radius 3 is 2.81 bits per heavy atom. The quantitative estimate of drug-likeness (QED) is 0.680. The van der Waals surface area contributed by atoms with Gasteiger partial charge in [0.15, 0.2) is 0 Å². The third kappa shape index (κ3) is 2.91. The van der Waals surface area contributed by atoms with Crippen LogP contribution in [0.15, 0.2) is 59.4 Å². The van der Waals surface area contributed by atoms with Crippen LogP contribution in [0.5, 0.6) is 0 Å². The zero-order chi connectivity index (χ0) is 18.1. The number of rotatable bonds is 3. The number of carbonyl (C=O) groups excluding carboxylic acids is 1. The van der Waals surface area contributed by atoms with Gasteiger partial charge in [0.05, 0.1) is 6.54 Å². The lowest BCUT2D eigenvalue weighted by molar-refractivity contribution is 0.0189. The Labute approximate surface area is 150 Å². The van der Waals surface area contributed by atoms with Crippen molar-refractivity contribution in [1.82, 2.24) is 10.3 Å². The van der Waals surface area contributed by atoms with E-state index in [2.05, 4.69) is 10.3 Å². The standard InChI is InChI=1S/C21H20N2O3/c24-19-16-9-3-1-7-15(16)12-18(23-19)20(25)22-13-21(26)11-5-8-14-6-2-4-10-17(14)21/h1-4,6-7,9-10,12,26H,5,8,11,13H2,(H,22,25)(H,23,24)/t21-/m1/s1. The molecule has 0 saturated carbocycles. The monoisotopic (exact) mass is 348 g/mol. The second-order valence-corrected chi connectivity index (χ2v) is 6.82. The lowest BCUT2D eigenvalue weighted by Gasteiger charge is -2.34. The number of aliphatic hydroxyl groups is 1. The van der Waals surface area contributed by atoms with Gasteiger partial charge in [-0.05, 0) is 47.9 Å². The highest BCUT2D eigenvalue weighted by Crippen LogP contribution is 2.34. The van der Waals surface area contributed by atoms with Crippen LogP contribution in [0, 0.1) is 0 Å². The summed E-state index contributed by atoms with van der Waals surface area (Å²) in [6.07, 6.45) is 2.40. The van der Waals surface area contributed by atoms with Crippen molar-refractivity contribution in [3.8, 4) is 0 Å². The summed E-state index contributed by atoms with van der Waals surface area (Å²) in [5, 5.41) is 15.1. The molecule has 0 spiro atoms. The summed E-state index contributed by atoms with van der Waals surface area (Å²) in [5.41, 5.74) is 0.811. The van der Waals surface area contributed by atoms with Gasteiger partial charge in [0.1, 0.15) is 11.3 Å². The summed E-state index contributed by atoms with van der Waals surface area (Å²) in [6.45, 7) is 0.109. The van der Waals surface area contributed by atoms with Crippen LogP contribution in [-0.4, -0.2) is 22.5 Å². The van der Waals surface area contributed by atoms with E-state index in [0.717, 1.165) is 24.0 Å². The number of pyridine rings is 1.